The number of benzene rings is 2. The van der Waals surface area contributed by atoms with Crippen LogP contribution < -0.4 is 15.0 Å². The summed E-state index contributed by atoms with van der Waals surface area (Å²) in [7, 11) is 0. The summed E-state index contributed by atoms with van der Waals surface area (Å²) >= 11 is 0. The molecule has 1 N–H and O–H groups in total. The molecule has 0 radical (unpaired) electrons. The van der Waals surface area contributed by atoms with Crippen LogP contribution in [0, 0.1) is 5.92 Å². The minimum absolute atomic E-state index is 0.0237. The van der Waals surface area contributed by atoms with E-state index in [1.165, 1.54) is 0 Å². The van der Waals surface area contributed by atoms with Gasteiger partial charge in [0.2, 0.25) is 11.8 Å². The van der Waals surface area contributed by atoms with Crippen molar-refractivity contribution in [3.05, 3.63) is 54.6 Å². The fourth-order valence-corrected chi connectivity index (χ4v) is 2.82. The molecule has 5 heteroatoms. The van der Waals surface area contributed by atoms with Gasteiger partial charge < -0.3 is 15.0 Å². The SMILES string of the molecule is CCOc1cccc(NC(=O)[C@H]2CC(=O)N(c3ccccc3)C2)c1. The van der Waals surface area contributed by atoms with Gasteiger partial charge >= 0.3 is 0 Å². The van der Waals surface area contributed by atoms with Gasteiger partial charge in [-0.1, -0.05) is 24.3 Å². The predicted octanol–water partition coefficient (Wildman–Crippen LogP) is 3.08. The van der Waals surface area contributed by atoms with Crippen LogP contribution in [0.1, 0.15) is 13.3 Å². The standard InChI is InChI=1S/C19H20N2O3/c1-2-24-17-10-6-7-15(12-17)20-19(23)14-11-18(22)21(13-14)16-8-4-3-5-9-16/h3-10,12,14H,2,11,13H2,1H3,(H,20,23)/t14-/m0/s1. The molecule has 2 aromatic rings. The highest BCUT2D eigenvalue weighted by atomic mass is 16.5. The highest BCUT2D eigenvalue weighted by molar-refractivity contribution is 6.03. The van der Waals surface area contributed by atoms with Crippen LogP contribution >= 0.6 is 0 Å². The van der Waals surface area contributed by atoms with Gasteiger partial charge in [-0.15, -0.1) is 0 Å². The molecule has 0 unspecified atom stereocenters. The average Bonchev–Trinajstić information content (AvgIpc) is 2.98. The summed E-state index contributed by atoms with van der Waals surface area (Å²) in [5, 5.41) is 2.88. The van der Waals surface area contributed by atoms with Crippen LogP contribution in [-0.2, 0) is 9.59 Å². The summed E-state index contributed by atoms with van der Waals surface area (Å²) in [6.07, 6.45) is 0.228. The second kappa shape index (κ2) is 7.17. The summed E-state index contributed by atoms with van der Waals surface area (Å²) in [5.41, 5.74) is 1.51. The lowest BCUT2D eigenvalue weighted by atomic mass is 10.1. The van der Waals surface area contributed by atoms with E-state index in [9.17, 15) is 9.59 Å². The van der Waals surface area contributed by atoms with Crippen molar-refractivity contribution in [2.24, 2.45) is 5.92 Å². The van der Waals surface area contributed by atoms with E-state index in [1.807, 2.05) is 55.5 Å². The van der Waals surface area contributed by atoms with E-state index in [1.54, 1.807) is 11.0 Å². The number of carbonyl (C=O) groups is 2. The van der Waals surface area contributed by atoms with Crippen molar-refractivity contribution in [1.29, 1.82) is 0 Å². The number of carbonyl (C=O) groups excluding carboxylic acids is 2. The van der Waals surface area contributed by atoms with Crippen molar-refractivity contribution in [2.45, 2.75) is 13.3 Å². The molecule has 0 bridgehead atoms. The van der Waals surface area contributed by atoms with Gasteiger partial charge in [0.15, 0.2) is 0 Å². The van der Waals surface area contributed by atoms with Gasteiger partial charge in [-0.3, -0.25) is 9.59 Å². The van der Waals surface area contributed by atoms with Gasteiger partial charge in [-0.05, 0) is 31.2 Å². The highest BCUT2D eigenvalue weighted by Crippen LogP contribution is 2.26. The number of nitrogens with zero attached hydrogens (tertiary/aromatic N) is 1. The molecule has 1 fully saturated rings. The van der Waals surface area contributed by atoms with Crippen LogP contribution in [0.25, 0.3) is 0 Å². The first-order valence-electron chi connectivity index (χ1n) is 8.06. The lowest BCUT2D eigenvalue weighted by Crippen LogP contribution is -2.28. The first-order chi connectivity index (χ1) is 11.7. The van der Waals surface area contributed by atoms with E-state index in [4.69, 9.17) is 4.74 Å². The van der Waals surface area contributed by atoms with Crippen molar-refractivity contribution in [2.75, 3.05) is 23.4 Å². The molecule has 0 aliphatic carbocycles. The van der Waals surface area contributed by atoms with E-state index in [2.05, 4.69) is 5.32 Å². The molecule has 24 heavy (non-hydrogen) atoms. The molecular formula is C19H20N2O3. The molecule has 1 heterocycles. The van der Waals surface area contributed by atoms with Gasteiger partial charge in [0, 0.05) is 30.4 Å². The third kappa shape index (κ3) is 3.56. The molecule has 0 aromatic heterocycles. The normalized spacial score (nSPS) is 17.0. The Balaban J connectivity index is 1.66. The highest BCUT2D eigenvalue weighted by Gasteiger charge is 2.35. The number of ether oxygens (including phenoxy) is 1. The molecule has 2 amide bonds. The Morgan fingerprint density at radius 1 is 1.21 bits per heavy atom. The molecular weight excluding hydrogens is 304 g/mol. The van der Waals surface area contributed by atoms with Crippen molar-refractivity contribution >= 4 is 23.2 Å². The summed E-state index contributed by atoms with van der Waals surface area (Å²) in [5.74, 6) is 0.192. The number of amides is 2. The Labute approximate surface area is 141 Å². The summed E-state index contributed by atoms with van der Waals surface area (Å²) in [6, 6.07) is 16.7. The number of anilines is 2. The maximum absolute atomic E-state index is 12.5. The third-order valence-corrected chi connectivity index (χ3v) is 3.98. The number of para-hydroxylation sites is 1. The Hall–Kier alpha value is -2.82. The third-order valence-electron chi connectivity index (χ3n) is 3.98. The zero-order chi connectivity index (χ0) is 16.9. The topological polar surface area (TPSA) is 58.6 Å². The van der Waals surface area contributed by atoms with E-state index >= 15 is 0 Å². The second-order valence-electron chi connectivity index (χ2n) is 5.69. The second-order valence-corrected chi connectivity index (χ2v) is 5.69. The van der Waals surface area contributed by atoms with Crippen LogP contribution in [0.5, 0.6) is 5.75 Å². The maximum Gasteiger partial charge on any atom is 0.229 e. The Kier molecular flexibility index (Phi) is 4.79. The fourth-order valence-electron chi connectivity index (χ4n) is 2.82. The van der Waals surface area contributed by atoms with Crippen LogP contribution in [0.2, 0.25) is 0 Å². The summed E-state index contributed by atoms with van der Waals surface area (Å²) in [4.78, 5) is 26.4. The smallest absolute Gasteiger partial charge is 0.229 e. The average molecular weight is 324 g/mol. The zero-order valence-corrected chi connectivity index (χ0v) is 13.6. The number of hydrogen-bond acceptors (Lipinski definition) is 3. The zero-order valence-electron chi connectivity index (χ0n) is 13.6. The van der Waals surface area contributed by atoms with Crippen LogP contribution in [0.3, 0.4) is 0 Å². The van der Waals surface area contributed by atoms with E-state index in [-0.39, 0.29) is 24.2 Å². The molecule has 3 rings (SSSR count). The molecule has 2 aromatic carbocycles. The Morgan fingerprint density at radius 2 is 2.00 bits per heavy atom. The molecule has 124 valence electrons. The number of nitrogens with one attached hydrogen (secondary N) is 1. The van der Waals surface area contributed by atoms with Crippen molar-refractivity contribution in [3.63, 3.8) is 0 Å². The lowest BCUT2D eigenvalue weighted by molar-refractivity contribution is -0.122. The number of rotatable bonds is 5. The molecule has 1 aliphatic heterocycles. The minimum atomic E-state index is -0.353. The maximum atomic E-state index is 12.5. The molecule has 0 spiro atoms. The predicted molar refractivity (Wildman–Crippen MR) is 93.1 cm³/mol. The van der Waals surface area contributed by atoms with Gasteiger partial charge in [-0.25, -0.2) is 0 Å². The number of hydrogen-bond donors (Lipinski definition) is 1. The van der Waals surface area contributed by atoms with Crippen LogP contribution in [0.4, 0.5) is 11.4 Å². The molecule has 5 nitrogen and oxygen atoms in total. The van der Waals surface area contributed by atoms with Crippen molar-refractivity contribution in [3.8, 4) is 5.75 Å². The first-order valence-corrected chi connectivity index (χ1v) is 8.06. The summed E-state index contributed by atoms with van der Waals surface area (Å²) in [6.45, 7) is 2.88. The molecule has 1 saturated heterocycles. The fraction of sp³-hybridized carbons (Fsp3) is 0.263. The van der Waals surface area contributed by atoms with E-state index in [0.29, 0.717) is 24.6 Å². The van der Waals surface area contributed by atoms with Crippen LogP contribution in [-0.4, -0.2) is 25.0 Å². The van der Waals surface area contributed by atoms with Crippen LogP contribution in [0.15, 0.2) is 54.6 Å². The molecule has 0 saturated carbocycles. The van der Waals surface area contributed by atoms with Gasteiger partial charge in [0.1, 0.15) is 5.75 Å². The van der Waals surface area contributed by atoms with Gasteiger partial charge in [-0.2, -0.15) is 0 Å². The van der Waals surface area contributed by atoms with Crippen molar-refractivity contribution < 1.29 is 14.3 Å². The van der Waals surface area contributed by atoms with E-state index in [0.717, 1.165) is 5.69 Å². The quantitative estimate of drug-likeness (QED) is 0.919. The van der Waals surface area contributed by atoms with Gasteiger partial charge in [0.05, 0.1) is 12.5 Å². The van der Waals surface area contributed by atoms with E-state index < -0.39 is 0 Å². The van der Waals surface area contributed by atoms with Gasteiger partial charge in [0.25, 0.3) is 0 Å². The van der Waals surface area contributed by atoms with Crippen molar-refractivity contribution in [1.82, 2.24) is 0 Å². The Bertz CT molecular complexity index is 730. The largest absolute Gasteiger partial charge is 0.494 e. The first kappa shape index (κ1) is 16.1. The Morgan fingerprint density at radius 3 is 2.75 bits per heavy atom. The monoisotopic (exact) mass is 324 g/mol. The molecule has 1 aliphatic rings. The molecule has 1 atom stereocenters. The lowest BCUT2D eigenvalue weighted by Gasteiger charge is -2.16. The summed E-state index contributed by atoms with van der Waals surface area (Å²) < 4.78 is 5.43. The minimum Gasteiger partial charge on any atom is -0.494 e.